The SMILES string of the molecule is Cc1cccc(O[C@H](C)C(=O)Oc2cccc(C(=O)NCc3ccccc3)c2)c1. The zero-order valence-corrected chi connectivity index (χ0v) is 16.4. The van der Waals surface area contributed by atoms with Crippen molar-refractivity contribution in [2.45, 2.75) is 26.5 Å². The van der Waals surface area contributed by atoms with Crippen molar-refractivity contribution in [2.24, 2.45) is 0 Å². The Labute approximate surface area is 170 Å². The molecule has 0 bridgehead atoms. The van der Waals surface area contributed by atoms with Crippen LogP contribution in [0.4, 0.5) is 0 Å². The lowest BCUT2D eigenvalue weighted by Crippen LogP contribution is -2.28. The molecule has 148 valence electrons. The van der Waals surface area contributed by atoms with E-state index in [-0.39, 0.29) is 5.91 Å². The fourth-order valence-corrected chi connectivity index (χ4v) is 2.72. The zero-order valence-electron chi connectivity index (χ0n) is 16.4. The fourth-order valence-electron chi connectivity index (χ4n) is 2.72. The van der Waals surface area contributed by atoms with E-state index in [4.69, 9.17) is 9.47 Å². The molecule has 0 unspecified atom stereocenters. The lowest BCUT2D eigenvalue weighted by molar-refractivity contribution is -0.141. The van der Waals surface area contributed by atoms with Gasteiger partial charge in [-0.3, -0.25) is 4.79 Å². The van der Waals surface area contributed by atoms with Crippen molar-refractivity contribution in [3.63, 3.8) is 0 Å². The highest BCUT2D eigenvalue weighted by atomic mass is 16.6. The highest BCUT2D eigenvalue weighted by Crippen LogP contribution is 2.17. The van der Waals surface area contributed by atoms with E-state index in [0.717, 1.165) is 11.1 Å². The number of rotatable bonds is 7. The number of carbonyl (C=O) groups excluding carboxylic acids is 2. The molecule has 0 aliphatic carbocycles. The van der Waals surface area contributed by atoms with Crippen LogP contribution in [0.2, 0.25) is 0 Å². The molecule has 1 amide bonds. The van der Waals surface area contributed by atoms with E-state index in [0.29, 0.717) is 23.6 Å². The lowest BCUT2D eigenvalue weighted by atomic mass is 10.2. The van der Waals surface area contributed by atoms with E-state index >= 15 is 0 Å². The monoisotopic (exact) mass is 389 g/mol. The molecule has 0 saturated heterocycles. The van der Waals surface area contributed by atoms with Crippen molar-refractivity contribution >= 4 is 11.9 Å². The number of carbonyl (C=O) groups is 2. The summed E-state index contributed by atoms with van der Waals surface area (Å²) in [7, 11) is 0. The van der Waals surface area contributed by atoms with Crippen LogP contribution in [-0.2, 0) is 11.3 Å². The number of hydrogen-bond donors (Lipinski definition) is 1. The molecule has 0 fully saturated rings. The minimum atomic E-state index is -0.785. The molecule has 3 aromatic carbocycles. The van der Waals surface area contributed by atoms with Crippen LogP contribution >= 0.6 is 0 Å². The number of hydrogen-bond acceptors (Lipinski definition) is 4. The Balaban J connectivity index is 1.58. The third-order valence-corrected chi connectivity index (χ3v) is 4.24. The summed E-state index contributed by atoms with van der Waals surface area (Å²) in [5, 5.41) is 2.85. The van der Waals surface area contributed by atoms with Gasteiger partial charge in [0.15, 0.2) is 6.10 Å². The third-order valence-electron chi connectivity index (χ3n) is 4.24. The third kappa shape index (κ3) is 5.94. The van der Waals surface area contributed by atoms with Crippen molar-refractivity contribution in [1.29, 1.82) is 0 Å². The van der Waals surface area contributed by atoms with E-state index in [2.05, 4.69) is 5.32 Å². The second-order valence-corrected chi connectivity index (χ2v) is 6.69. The second-order valence-electron chi connectivity index (χ2n) is 6.69. The van der Waals surface area contributed by atoms with Gasteiger partial charge in [0.1, 0.15) is 11.5 Å². The molecule has 0 spiro atoms. The summed E-state index contributed by atoms with van der Waals surface area (Å²) in [6, 6.07) is 23.6. The van der Waals surface area contributed by atoms with Gasteiger partial charge in [0, 0.05) is 12.1 Å². The van der Waals surface area contributed by atoms with Crippen LogP contribution in [0.1, 0.15) is 28.4 Å². The first kappa shape index (κ1) is 20.1. The number of benzene rings is 3. The maximum Gasteiger partial charge on any atom is 0.352 e. The number of esters is 1. The van der Waals surface area contributed by atoms with Gasteiger partial charge in [-0.05, 0) is 55.3 Å². The first-order valence-corrected chi connectivity index (χ1v) is 9.38. The van der Waals surface area contributed by atoms with Crippen LogP contribution in [0.3, 0.4) is 0 Å². The van der Waals surface area contributed by atoms with Crippen LogP contribution < -0.4 is 14.8 Å². The van der Waals surface area contributed by atoms with Crippen molar-refractivity contribution < 1.29 is 19.1 Å². The molecular weight excluding hydrogens is 366 g/mol. The predicted octanol–water partition coefficient (Wildman–Crippen LogP) is 4.30. The molecule has 3 aromatic rings. The van der Waals surface area contributed by atoms with Crippen molar-refractivity contribution in [3.8, 4) is 11.5 Å². The van der Waals surface area contributed by atoms with E-state index < -0.39 is 12.1 Å². The number of amides is 1. The Morgan fingerprint density at radius 3 is 2.38 bits per heavy atom. The maximum absolute atomic E-state index is 12.4. The van der Waals surface area contributed by atoms with Crippen molar-refractivity contribution in [1.82, 2.24) is 5.32 Å². The molecule has 29 heavy (non-hydrogen) atoms. The number of ether oxygens (including phenoxy) is 2. The van der Waals surface area contributed by atoms with Crippen LogP contribution in [-0.4, -0.2) is 18.0 Å². The van der Waals surface area contributed by atoms with Crippen LogP contribution in [0.25, 0.3) is 0 Å². The minimum Gasteiger partial charge on any atom is -0.479 e. The highest BCUT2D eigenvalue weighted by molar-refractivity contribution is 5.94. The summed E-state index contributed by atoms with van der Waals surface area (Å²) in [5.41, 5.74) is 2.46. The Kier molecular flexibility index (Phi) is 6.63. The van der Waals surface area contributed by atoms with Gasteiger partial charge in [0.25, 0.3) is 5.91 Å². The lowest BCUT2D eigenvalue weighted by Gasteiger charge is -2.14. The quantitative estimate of drug-likeness (QED) is 0.483. The summed E-state index contributed by atoms with van der Waals surface area (Å²) in [4.78, 5) is 24.7. The van der Waals surface area contributed by atoms with Gasteiger partial charge in [-0.25, -0.2) is 4.79 Å². The normalized spacial score (nSPS) is 11.4. The summed E-state index contributed by atoms with van der Waals surface area (Å²) in [6.45, 7) is 4.00. The van der Waals surface area contributed by atoms with Crippen LogP contribution in [0.15, 0.2) is 78.9 Å². The standard InChI is InChI=1S/C24H23NO4/c1-17-8-6-12-21(14-17)28-18(2)24(27)29-22-13-7-11-20(15-22)23(26)25-16-19-9-4-3-5-10-19/h3-15,18H,16H2,1-2H3,(H,25,26)/t18-/m1/s1. The molecule has 5 nitrogen and oxygen atoms in total. The molecule has 0 heterocycles. The number of nitrogens with one attached hydrogen (secondary N) is 1. The Hall–Kier alpha value is -3.60. The van der Waals surface area contributed by atoms with E-state index in [1.807, 2.05) is 55.5 Å². The topological polar surface area (TPSA) is 64.6 Å². The average molecular weight is 389 g/mol. The average Bonchev–Trinajstić information content (AvgIpc) is 2.73. The van der Waals surface area contributed by atoms with Gasteiger partial charge in [-0.15, -0.1) is 0 Å². The Morgan fingerprint density at radius 2 is 1.62 bits per heavy atom. The van der Waals surface area contributed by atoms with Gasteiger partial charge in [0.2, 0.25) is 0 Å². The zero-order chi connectivity index (χ0) is 20.6. The fraction of sp³-hybridized carbons (Fsp3) is 0.167. The molecule has 0 aliphatic rings. The summed E-state index contributed by atoms with van der Waals surface area (Å²) < 4.78 is 11.0. The molecular formula is C24H23NO4. The smallest absolute Gasteiger partial charge is 0.352 e. The van der Waals surface area contributed by atoms with Crippen LogP contribution in [0.5, 0.6) is 11.5 Å². The first-order chi connectivity index (χ1) is 14.0. The molecule has 1 N–H and O–H groups in total. The van der Waals surface area contributed by atoms with Crippen molar-refractivity contribution in [2.75, 3.05) is 0 Å². The molecule has 0 aliphatic heterocycles. The molecule has 5 heteroatoms. The highest BCUT2D eigenvalue weighted by Gasteiger charge is 2.18. The molecule has 0 aromatic heterocycles. The summed E-state index contributed by atoms with van der Waals surface area (Å²) >= 11 is 0. The van der Waals surface area contributed by atoms with Gasteiger partial charge in [-0.1, -0.05) is 48.5 Å². The van der Waals surface area contributed by atoms with Gasteiger partial charge in [0.05, 0.1) is 0 Å². The molecule has 0 saturated carbocycles. The van der Waals surface area contributed by atoms with E-state index in [1.165, 1.54) is 6.07 Å². The summed E-state index contributed by atoms with van der Waals surface area (Å²) in [5.74, 6) is 0.120. The summed E-state index contributed by atoms with van der Waals surface area (Å²) in [6.07, 6.45) is -0.785. The molecule has 0 radical (unpaired) electrons. The molecule has 1 atom stereocenters. The van der Waals surface area contributed by atoms with Gasteiger partial charge in [-0.2, -0.15) is 0 Å². The largest absolute Gasteiger partial charge is 0.479 e. The van der Waals surface area contributed by atoms with Crippen LogP contribution in [0, 0.1) is 6.92 Å². The first-order valence-electron chi connectivity index (χ1n) is 9.38. The maximum atomic E-state index is 12.4. The Morgan fingerprint density at radius 1 is 0.897 bits per heavy atom. The second kappa shape index (κ2) is 9.55. The minimum absolute atomic E-state index is 0.240. The molecule has 3 rings (SSSR count). The van der Waals surface area contributed by atoms with Gasteiger partial charge >= 0.3 is 5.97 Å². The number of aryl methyl sites for hydroxylation is 1. The predicted molar refractivity (Wildman–Crippen MR) is 111 cm³/mol. The van der Waals surface area contributed by atoms with Crippen molar-refractivity contribution in [3.05, 3.63) is 95.6 Å². The van der Waals surface area contributed by atoms with Gasteiger partial charge < -0.3 is 14.8 Å². The Bertz CT molecular complexity index is 985. The van der Waals surface area contributed by atoms with E-state index in [9.17, 15) is 9.59 Å². The van der Waals surface area contributed by atoms with E-state index in [1.54, 1.807) is 31.2 Å².